The molecule has 0 radical (unpaired) electrons. The molecule has 0 aromatic carbocycles. The van der Waals surface area contributed by atoms with Crippen molar-refractivity contribution in [3.8, 4) is 0 Å². The van der Waals surface area contributed by atoms with E-state index >= 15 is 0 Å². The van der Waals surface area contributed by atoms with Gasteiger partial charge in [-0.25, -0.2) is 0 Å². The highest BCUT2D eigenvalue weighted by Gasteiger charge is 2.03. The van der Waals surface area contributed by atoms with Gasteiger partial charge in [0.05, 0.1) is 0 Å². The predicted molar refractivity (Wildman–Crippen MR) is 67.9 cm³/mol. The van der Waals surface area contributed by atoms with Crippen LogP contribution in [0, 0.1) is 0 Å². The molecule has 0 saturated heterocycles. The molecule has 1 rings (SSSR count). The van der Waals surface area contributed by atoms with Gasteiger partial charge in [0.15, 0.2) is 0 Å². The lowest BCUT2D eigenvalue weighted by Crippen LogP contribution is -2.00. The Morgan fingerprint density at radius 1 is 1.36 bits per heavy atom. The third-order valence-corrected chi connectivity index (χ3v) is 3.49. The molecule has 1 atom stereocenters. The van der Waals surface area contributed by atoms with Crippen LogP contribution in [0.1, 0.15) is 31.9 Å². The van der Waals surface area contributed by atoms with Crippen molar-refractivity contribution in [2.75, 3.05) is 0 Å². The maximum atomic E-state index is 4.34. The van der Waals surface area contributed by atoms with Crippen LogP contribution in [0.4, 0.5) is 0 Å². The highest BCUT2D eigenvalue weighted by molar-refractivity contribution is 9.10. The minimum absolute atomic E-state index is 0.637. The highest BCUT2D eigenvalue weighted by Crippen LogP contribution is 2.15. The Bertz CT molecular complexity index is 258. The Labute approximate surface area is 103 Å². The van der Waals surface area contributed by atoms with Gasteiger partial charge in [-0.15, -0.1) is 0 Å². The summed E-state index contributed by atoms with van der Waals surface area (Å²) in [5.74, 6) is 0. The van der Waals surface area contributed by atoms with Crippen molar-refractivity contribution >= 4 is 31.9 Å². The molecule has 1 aromatic rings. The van der Waals surface area contributed by atoms with Gasteiger partial charge in [-0.3, -0.25) is 4.98 Å². The number of hydrogen-bond donors (Lipinski definition) is 0. The molecule has 0 aliphatic carbocycles. The molecule has 78 valence electrons. The molecule has 1 aromatic heterocycles. The lowest BCUT2D eigenvalue weighted by Gasteiger charge is -2.07. The average molecular weight is 321 g/mol. The number of nitrogens with zero attached hydrogens (tertiary/aromatic N) is 1. The molecule has 1 unspecified atom stereocenters. The minimum atomic E-state index is 0.637. The average Bonchev–Trinajstić information content (AvgIpc) is 2.17. The Kier molecular flexibility index (Phi) is 5.71. The second kappa shape index (κ2) is 6.57. The number of aromatic nitrogens is 1. The van der Waals surface area contributed by atoms with Gasteiger partial charge in [-0.05, 0) is 47.3 Å². The van der Waals surface area contributed by atoms with Crippen molar-refractivity contribution in [3.05, 3.63) is 28.5 Å². The van der Waals surface area contributed by atoms with Gasteiger partial charge in [-0.1, -0.05) is 29.3 Å². The van der Waals surface area contributed by atoms with E-state index in [4.69, 9.17) is 0 Å². The molecule has 0 spiro atoms. The third-order valence-electron chi connectivity index (χ3n) is 2.10. The first-order valence-corrected chi connectivity index (χ1v) is 6.67. The molecule has 3 heteroatoms. The summed E-state index contributed by atoms with van der Waals surface area (Å²) < 4.78 is 1.05. The smallest absolute Gasteiger partial charge is 0.0413 e. The SMILES string of the molecule is CCCC(Br)CCc1ccc(Br)cn1. The van der Waals surface area contributed by atoms with Gasteiger partial charge in [0.1, 0.15) is 0 Å². The zero-order valence-corrected chi connectivity index (χ0v) is 11.5. The zero-order valence-electron chi connectivity index (χ0n) is 8.34. The van der Waals surface area contributed by atoms with E-state index in [9.17, 15) is 0 Å². The standard InChI is InChI=1S/C11H15Br2N/c1-2-3-9(12)4-6-11-7-5-10(13)8-14-11/h5,7-9H,2-4,6H2,1H3. The molecule has 0 aliphatic rings. The Hall–Kier alpha value is 0.110. The topological polar surface area (TPSA) is 12.9 Å². The molecule has 1 nitrogen and oxygen atoms in total. The third kappa shape index (κ3) is 4.56. The zero-order chi connectivity index (χ0) is 10.4. The fourth-order valence-corrected chi connectivity index (χ4v) is 2.24. The number of rotatable bonds is 5. The summed E-state index contributed by atoms with van der Waals surface area (Å²) in [6, 6.07) is 4.13. The van der Waals surface area contributed by atoms with Gasteiger partial charge in [0.2, 0.25) is 0 Å². The monoisotopic (exact) mass is 319 g/mol. The Morgan fingerprint density at radius 2 is 2.14 bits per heavy atom. The molecule has 14 heavy (non-hydrogen) atoms. The van der Waals surface area contributed by atoms with Gasteiger partial charge < -0.3 is 0 Å². The summed E-state index contributed by atoms with van der Waals surface area (Å²) >= 11 is 7.05. The molecule has 0 bridgehead atoms. The van der Waals surface area contributed by atoms with E-state index in [2.05, 4.69) is 49.8 Å². The molecular weight excluding hydrogens is 306 g/mol. The van der Waals surface area contributed by atoms with Crippen molar-refractivity contribution in [1.29, 1.82) is 0 Å². The summed E-state index contributed by atoms with van der Waals surface area (Å²) in [4.78, 5) is 4.98. The molecule has 1 heterocycles. The quantitative estimate of drug-likeness (QED) is 0.735. The van der Waals surface area contributed by atoms with Crippen LogP contribution in [-0.2, 0) is 6.42 Å². The van der Waals surface area contributed by atoms with Crippen LogP contribution in [-0.4, -0.2) is 9.81 Å². The van der Waals surface area contributed by atoms with Crippen LogP contribution in [0.2, 0.25) is 0 Å². The lowest BCUT2D eigenvalue weighted by molar-refractivity contribution is 0.686. The maximum absolute atomic E-state index is 4.34. The number of aryl methyl sites for hydroxylation is 1. The molecular formula is C11H15Br2N. The van der Waals surface area contributed by atoms with Crippen molar-refractivity contribution < 1.29 is 0 Å². The maximum Gasteiger partial charge on any atom is 0.0413 e. The van der Waals surface area contributed by atoms with E-state index in [0.29, 0.717) is 4.83 Å². The van der Waals surface area contributed by atoms with Gasteiger partial charge in [-0.2, -0.15) is 0 Å². The van der Waals surface area contributed by atoms with E-state index in [1.165, 1.54) is 25.0 Å². The largest absolute Gasteiger partial charge is 0.260 e. The summed E-state index contributed by atoms with van der Waals surface area (Å²) in [5.41, 5.74) is 1.17. The predicted octanol–water partition coefficient (Wildman–Crippen LogP) is 4.34. The normalized spacial score (nSPS) is 12.8. The van der Waals surface area contributed by atoms with Crippen molar-refractivity contribution in [2.45, 2.75) is 37.4 Å². The van der Waals surface area contributed by atoms with E-state index in [1.807, 2.05) is 12.3 Å². The Morgan fingerprint density at radius 3 is 2.71 bits per heavy atom. The van der Waals surface area contributed by atoms with Crippen LogP contribution >= 0.6 is 31.9 Å². The van der Waals surface area contributed by atoms with E-state index in [0.717, 1.165) is 10.9 Å². The molecule has 0 fully saturated rings. The molecule has 0 amide bonds. The number of pyridine rings is 1. The van der Waals surface area contributed by atoms with Gasteiger partial charge in [0.25, 0.3) is 0 Å². The first-order chi connectivity index (χ1) is 6.72. The van der Waals surface area contributed by atoms with E-state index in [1.54, 1.807) is 0 Å². The molecule has 0 N–H and O–H groups in total. The number of halogens is 2. The van der Waals surface area contributed by atoms with Crippen molar-refractivity contribution in [1.82, 2.24) is 4.98 Å². The summed E-state index contributed by atoms with van der Waals surface area (Å²) in [6.07, 6.45) is 6.57. The van der Waals surface area contributed by atoms with Crippen LogP contribution in [0.5, 0.6) is 0 Å². The second-order valence-corrected chi connectivity index (χ2v) is 5.60. The van der Waals surface area contributed by atoms with Gasteiger partial charge >= 0.3 is 0 Å². The number of alkyl halides is 1. The van der Waals surface area contributed by atoms with Crippen molar-refractivity contribution in [3.63, 3.8) is 0 Å². The van der Waals surface area contributed by atoms with E-state index in [-0.39, 0.29) is 0 Å². The Balaban J connectivity index is 2.34. The summed E-state index contributed by atoms with van der Waals surface area (Å²) in [5, 5.41) is 0. The molecule has 0 saturated carbocycles. The van der Waals surface area contributed by atoms with Crippen LogP contribution < -0.4 is 0 Å². The highest BCUT2D eigenvalue weighted by atomic mass is 79.9. The molecule has 0 aliphatic heterocycles. The van der Waals surface area contributed by atoms with Crippen molar-refractivity contribution in [2.24, 2.45) is 0 Å². The second-order valence-electron chi connectivity index (χ2n) is 3.39. The summed E-state index contributed by atoms with van der Waals surface area (Å²) in [7, 11) is 0. The van der Waals surface area contributed by atoms with Gasteiger partial charge in [0, 0.05) is 21.2 Å². The fraction of sp³-hybridized carbons (Fsp3) is 0.545. The first kappa shape index (κ1) is 12.2. The number of hydrogen-bond acceptors (Lipinski definition) is 1. The first-order valence-electron chi connectivity index (χ1n) is 4.97. The van der Waals surface area contributed by atoms with Crippen LogP contribution in [0.15, 0.2) is 22.8 Å². The lowest BCUT2D eigenvalue weighted by atomic mass is 10.1. The van der Waals surface area contributed by atoms with E-state index < -0.39 is 0 Å². The minimum Gasteiger partial charge on any atom is -0.260 e. The summed E-state index contributed by atoms with van der Waals surface area (Å²) in [6.45, 7) is 2.21. The van der Waals surface area contributed by atoms with Crippen LogP contribution in [0.25, 0.3) is 0 Å². The van der Waals surface area contributed by atoms with Crippen LogP contribution in [0.3, 0.4) is 0 Å². The fourth-order valence-electron chi connectivity index (χ4n) is 1.32.